The third-order valence-corrected chi connectivity index (χ3v) is 16.7. The normalized spacial score (nSPS) is 12.8. The van der Waals surface area contributed by atoms with Gasteiger partial charge in [-0.1, -0.05) is 354 Å². The summed E-state index contributed by atoms with van der Waals surface area (Å²) in [6.45, 7) is 3.83. The smallest absolute Gasteiger partial charge is 0.462 e. The molecule has 0 amide bonds. The quantitative estimate of drug-likeness (QED) is 0.0347. The number of phosphoric acid groups is 1. The van der Waals surface area contributed by atoms with Gasteiger partial charge in [0, 0.05) is 19.4 Å². The third-order valence-electron chi connectivity index (χ3n) is 15.7. The summed E-state index contributed by atoms with van der Waals surface area (Å²) in [5, 5.41) is 0. The molecule has 0 heterocycles. The number of unbranched alkanes of at least 4 members (excludes halogenated alkanes) is 53. The third kappa shape index (κ3) is 62.2. The Balaban J connectivity index is 3.72. The van der Waals surface area contributed by atoms with Crippen molar-refractivity contribution in [1.29, 1.82) is 0 Å². The molecule has 0 aliphatic heterocycles. The van der Waals surface area contributed by atoms with Gasteiger partial charge in [0.25, 0.3) is 0 Å². The highest BCUT2D eigenvalue weighted by atomic mass is 31.2. The topological polar surface area (TPSA) is 134 Å². The van der Waals surface area contributed by atoms with Gasteiger partial charge in [-0.3, -0.25) is 18.6 Å². The second-order valence-corrected chi connectivity index (χ2v) is 24.9. The molecule has 0 fully saturated rings. The number of ether oxygens (including phenoxy) is 2. The lowest BCUT2D eigenvalue weighted by molar-refractivity contribution is -0.161. The van der Waals surface area contributed by atoms with Crippen LogP contribution in [0.4, 0.5) is 0 Å². The zero-order valence-electron chi connectivity index (χ0n) is 51.0. The predicted molar refractivity (Wildman–Crippen MR) is 326 cm³/mol. The van der Waals surface area contributed by atoms with E-state index < -0.39 is 26.5 Å². The minimum absolute atomic E-state index is 0.0587. The average Bonchev–Trinajstić information content (AvgIpc) is 3.41. The number of phosphoric ester groups is 1. The number of hydrogen-bond donors (Lipinski definition) is 2. The van der Waals surface area contributed by atoms with Crippen molar-refractivity contribution in [2.75, 3.05) is 26.4 Å². The molecule has 454 valence electrons. The summed E-state index contributed by atoms with van der Waals surface area (Å²) in [7, 11) is -4.38. The van der Waals surface area contributed by atoms with Crippen molar-refractivity contribution in [1.82, 2.24) is 0 Å². The fourth-order valence-corrected chi connectivity index (χ4v) is 11.5. The van der Waals surface area contributed by atoms with E-state index >= 15 is 0 Å². The van der Waals surface area contributed by atoms with Crippen LogP contribution in [0, 0.1) is 0 Å². The SMILES string of the molecule is CCCCCCCCCCCCCCCCCCCCCCCCCCCCCCCCCCCCCCCCC(=O)OC(COC(=O)CCCCCCCCCCCCCCCCCCC)COP(=O)(O)OCCN. The van der Waals surface area contributed by atoms with Crippen LogP contribution >= 0.6 is 7.82 Å². The first kappa shape index (κ1) is 75.0. The van der Waals surface area contributed by atoms with E-state index in [-0.39, 0.29) is 38.6 Å². The van der Waals surface area contributed by atoms with Gasteiger partial charge < -0.3 is 20.1 Å². The standard InChI is InChI=1S/C66H132NO8P/c1-3-5-7-9-11-13-15-17-19-21-22-23-24-25-26-27-28-29-30-31-32-33-34-35-36-37-38-39-40-41-43-45-47-49-51-53-55-57-59-66(69)75-64(63-74-76(70,71)73-61-60-67)62-72-65(68)58-56-54-52-50-48-46-44-42-20-18-16-14-12-10-8-6-4-2/h64H,3-63,67H2,1-2H3,(H,70,71). The van der Waals surface area contributed by atoms with E-state index in [2.05, 4.69) is 13.8 Å². The van der Waals surface area contributed by atoms with E-state index in [0.717, 1.165) is 32.1 Å². The largest absolute Gasteiger partial charge is 0.472 e. The van der Waals surface area contributed by atoms with Crippen LogP contribution in [-0.4, -0.2) is 49.3 Å². The molecule has 3 N–H and O–H groups in total. The van der Waals surface area contributed by atoms with Crippen LogP contribution in [0.15, 0.2) is 0 Å². The van der Waals surface area contributed by atoms with E-state index in [0.29, 0.717) is 6.42 Å². The first-order valence-electron chi connectivity index (χ1n) is 34.0. The van der Waals surface area contributed by atoms with E-state index in [1.807, 2.05) is 0 Å². The van der Waals surface area contributed by atoms with Crippen molar-refractivity contribution in [3.05, 3.63) is 0 Å². The molecule has 0 saturated carbocycles. The van der Waals surface area contributed by atoms with Crippen LogP contribution < -0.4 is 5.73 Å². The molecule has 2 atom stereocenters. The van der Waals surface area contributed by atoms with Crippen molar-refractivity contribution in [2.45, 2.75) is 386 Å². The summed E-state index contributed by atoms with van der Waals surface area (Å²) in [5.74, 6) is -0.801. The lowest BCUT2D eigenvalue weighted by atomic mass is 10.0. The van der Waals surface area contributed by atoms with Crippen molar-refractivity contribution in [2.24, 2.45) is 5.73 Å². The highest BCUT2D eigenvalue weighted by molar-refractivity contribution is 7.47. The molecule has 0 aliphatic rings. The molecule has 9 nitrogen and oxygen atoms in total. The molecule has 0 bridgehead atoms. The van der Waals surface area contributed by atoms with E-state index in [9.17, 15) is 19.0 Å². The van der Waals surface area contributed by atoms with Gasteiger partial charge in [0.15, 0.2) is 6.10 Å². The maximum atomic E-state index is 12.7. The number of esters is 2. The zero-order valence-corrected chi connectivity index (χ0v) is 51.9. The van der Waals surface area contributed by atoms with Gasteiger partial charge >= 0.3 is 19.8 Å². The van der Waals surface area contributed by atoms with Crippen LogP contribution in [0.3, 0.4) is 0 Å². The van der Waals surface area contributed by atoms with Crippen LogP contribution in [0.1, 0.15) is 380 Å². The van der Waals surface area contributed by atoms with Gasteiger partial charge in [-0.05, 0) is 12.8 Å². The Bertz CT molecular complexity index is 1210. The summed E-state index contributed by atoms with van der Waals surface area (Å²) in [4.78, 5) is 35.2. The van der Waals surface area contributed by atoms with Crippen molar-refractivity contribution >= 4 is 19.8 Å². The second kappa shape index (κ2) is 63.2. The maximum absolute atomic E-state index is 12.7. The number of carbonyl (C=O) groups is 2. The second-order valence-electron chi connectivity index (χ2n) is 23.4. The highest BCUT2D eigenvalue weighted by Gasteiger charge is 2.26. The predicted octanol–water partition coefficient (Wildman–Crippen LogP) is 21.8. The monoisotopic (exact) mass is 1100 g/mol. The van der Waals surface area contributed by atoms with Gasteiger partial charge in [-0.2, -0.15) is 0 Å². The molecular weight excluding hydrogens is 966 g/mol. The zero-order chi connectivity index (χ0) is 55.2. The van der Waals surface area contributed by atoms with E-state index in [1.165, 1.54) is 315 Å². The van der Waals surface area contributed by atoms with Crippen LogP contribution in [-0.2, 0) is 32.7 Å². The number of hydrogen-bond acceptors (Lipinski definition) is 8. The van der Waals surface area contributed by atoms with E-state index in [1.54, 1.807) is 0 Å². The Morgan fingerprint density at radius 3 is 0.803 bits per heavy atom. The van der Waals surface area contributed by atoms with Gasteiger partial charge in [0.05, 0.1) is 13.2 Å². The Hall–Kier alpha value is -0.990. The van der Waals surface area contributed by atoms with Crippen LogP contribution in [0.25, 0.3) is 0 Å². The Morgan fingerprint density at radius 1 is 0.342 bits per heavy atom. The highest BCUT2D eigenvalue weighted by Crippen LogP contribution is 2.43. The summed E-state index contributed by atoms with van der Waals surface area (Å²) in [5.41, 5.74) is 5.39. The number of carbonyl (C=O) groups excluding carboxylic acids is 2. The van der Waals surface area contributed by atoms with Crippen LogP contribution in [0.2, 0.25) is 0 Å². The lowest BCUT2D eigenvalue weighted by Gasteiger charge is -2.19. The molecule has 0 aromatic rings. The van der Waals surface area contributed by atoms with Gasteiger partial charge in [-0.15, -0.1) is 0 Å². The fourth-order valence-electron chi connectivity index (χ4n) is 10.7. The van der Waals surface area contributed by atoms with Crippen molar-refractivity contribution in [3.8, 4) is 0 Å². The molecule has 0 aromatic carbocycles. The van der Waals surface area contributed by atoms with Gasteiger partial charge in [0.1, 0.15) is 6.61 Å². The average molecular weight is 1100 g/mol. The summed E-state index contributed by atoms with van der Waals surface area (Å²) < 4.78 is 33.1. The molecule has 2 unspecified atom stereocenters. The molecule has 0 aromatic heterocycles. The lowest BCUT2D eigenvalue weighted by Crippen LogP contribution is -2.29. The van der Waals surface area contributed by atoms with Crippen molar-refractivity contribution in [3.63, 3.8) is 0 Å². The Labute approximate surface area is 473 Å². The molecule has 0 radical (unpaired) electrons. The van der Waals surface area contributed by atoms with Crippen molar-refractivity contribution < 1.29 is 37.6 Å². The summed E-state index contributed by atoms with van der Waals surface area (Å²) >= 11 is 0. The molecular formula is C66H132NO8P. The van der Waals surface area contributed by atoms with E-state index in [4.69, 9.17) is 24.3 Å². The van der Waals surface area contributed by atoms with Gasteiger partial charge in [-0.25, -0.2) is 4.57 Å². The molecule has 0 rings (SSSR count). The minimum atomic E-state index is -4.38. The summed E-state index contributed by atoms with van der Waals surface area (Å²) in [6, 6.07) is 0. The molecule has 76 heavy (non-hydrogen) atoms. The summed E-state index contributed by atoms with van der Waals surface area (Å²) in [6.07, 6.45) is 73.6. The fraction of sp³-hybridized carbons (Fsp3) is 0.970. The molecule has 10 heteroatoms. The molecule has 0 aliphatic carbocycles. The maximum Gasteiger partial charge on any atom is 0.472 e. The first-order valence-corrected chi connectivity index (χ1v) is 35.5. The number of nitrogens with two attached hydrogens (primary N) is 1. The Kier molecular flexibility index (Phi) is 62.4. The minimum Gasteiger partial charge on any atom is -0.462 e. The van der Waals surface area contributed by atoms with Gasteiger partial charge in [0.2, 0.25) is 0 Å². The number of rotatable bonds is 66. The first-order chi connectivity index (χ1) is 37.3. The van der Waals surface area contributed by atoms with Crippen LogP contribution in [0.5, 0.6) is 0 Å². The molecule has 0 saturated heterocycles. The molecule has 0 spiro atoms. The Morgan fingerprint density at radius 2 is 0.566 bits per heavy atom.